The van der Waals surface area contributed by atoms with Gasteiger partial charge in [-0.15, -0.1) is 0 Å². The molecule has 0 aliphatic carbocycles. The lowest BCUT2D eigenvalue weighted by Gasteiger charge is -2.08. The molecule has 0 N–H and O–H groups in total. The molecule has 2 atom stereocenters. The number of carbonyl (C=O) groups excluding carboxylic acids is 2. The molecule has 0 aliphatic rings. The summed E-state index contributed by atoms with van der Waals surface area (Å²) < 4.78 is 15.6. The van der Waals surface area contributed by atoms with Gasteiger partial charge >= 0.3 is 11.9 Å². The van der Waals surface area contributed by atoms with Crippen LogP contribution in [0.15, 0.2) is 0 Å². The van der Waals surface area contributed by atoms with E-state index in [-0.39, 0.29) is 33.0 Å². The first-order valence-electron chi connectivity index (χ1n) is 6.09. The maximum atomic E-state index is 11.2. The Morgan fingerprint density at radius 2 is 1.21 bits per heavy atom. The van der Waals surface area contributed by atoms with Gasteiger partial charge in [0.25, 0.3) is 0 Å². The van der Waals surface area contributed by atoms with Crippen LogP contribution in [-0.4, -0.2) is 46.2 Å². The van der Waals surface area contributed by atoms with Crippen molar-refractivity contribution >= 4 is 57.1 Å². The Bertz CT molecular complexity index is 243. The lowest BCUT2D eigenvalue weighted by molar-refractivity contribution is -0.146. The summed E-state index contributed by atoms with van der Waals surface area (Å²) in [5, 5.41) is 0. The number of rotatable bonds is 10. The molecule has 5 nitrogen and oxygen atoms in total. The van der Waals surface area contributed by atoms with Gasteiger partial charge in [-0.2, -0.15) is 0 Å². The van der Waals surface area contributed by atoms with Gasteiger partial charge in [0.15, 0.2) is 0 Å². The zero-order chi connectivity index (χ0) is 14.7. The van der Waals surface area contributed by atoms with Gasteiger partial charge in [-0.25, -0.2) is 0 Å². The SMILES string of the molecule is CC(I)CC(=O)OCCOCCOC(=O)CC(C)I. The standard InChI is InChI=1S/C12H20I2O5/c1-9(13)7-11(15)18-5-3-17-4-6-19-12(16)8-10(2)14/h9-10H,3-8H2,1-2H3. The van der Waals surface area contributed by atoms with E-state index in [4.69, 9.17) is 14.2 Å². The summed E-state index contributed by atoms with van der Waals surface area (Å²) in [6, 6.07) is 0. The summed E-state index contributed by atoms with van der Waals surface area (Å²) in [6.45, 7) is 5.01. The molecule has 0 spiro atoms. The van der Waals surface area contributed by atoms with E-state index in [1.54, 1.807) is 0 Å². The van der Waals surface area contributed by atoms with Crippen molar-refractivity contribution in [2.45, 2.75) is 34.5 Å². The van der Waals surface area contributed by atoms with Crippen LogP contribution in [0.25, 0.3) is 0 Å². The van der Waals surface area contributed by atoms with Gasteiger partial charge in [-0.1, -0.05) is 59.0 Å². The molecule has 0 saturated heterocycles. The predicted octanol–water partition coefficient (Wildman–Crippen LogP) is 2.52. The van der Waals surface area contributed by atoms with Gasteiger partial charge in [0.2, 0.25) is 0 Å². The topological polar surface area (TPSA) is 61.8 Å². The molecule has 0 aromatic carbocycles. The number of hydrogen-bond donors (Lipinski definition) is 0. The maximum Gasteiger partial charge on any atom is 0.306 e. The van der Waals surface area contributed by atoms with Crippen LogP contribution in [0.1, 0.15) is 26.7 Å². The summed E-state index contributed by atoms with van der Waals surface area (Å²) >= 11 is 4.34. The first-order valence-corrected chi connectivity index (χ1v) is 8.58. The second-order valence-electron chi connectivity index (χ2n) is 4.02. The summed E-state index contributed by atoms with van der Waals surface area (Å²) in [5.41, 5.74) is 0. The monoisotopic (exact) mass is 498 g/mol. The van der Waals surface area contributed by atoms with Crippen molar-refractivity contribution in [1.29, 1.82) is 0 Å². The number of carbonyl (C=O) groups is 2. The molecule has 2 unspecified atom stereocenters. The minimum absolute atomic E-state index is 0.215. The van der Waals surface area contributed by atoms with E-state index in [0.717, 1.165) is 0 Å². The number of alkyl halides is 2. The Hall–Kier alpha value is 0.360. The highest BCUT2D eigenvalue weighted by molar-refractivity contribution is 14.1. The minimum atomic E-state index is -0.215. The van der Waals surface area contributed by atoms with Crippen molar-refractivity contribution in [1.82, 2.24) is 0 Å². The molecule has 0 heterocycles. The van der Waals surface area contributed by atoms with Crippen molar-refractivity contribution in [2.75, 3.05) is 26.4 Å². The smallest absolute Gasteiger partial charge is 0.306 e. The Balaban J connectivity index is 3.32. The van der Waals surface area contributed by atoms with Gasteiger partial charge in [0.1, 0.15) is 13.2 Å². The number of ether oxygens (including phenoxy) is 3. The second-order valence-corrected chi connectivity index (χ2v) is 8.28. The molecule has 0 amide bonds. The highest BCUT2D eigenvalue weighted by Gasteiger charge is 2.07. The average Bonchev–Trinajstić information content (AvgIpc) is 2.25. The van der Waals surface area contributed by atoms with Crippen molar-refractivity contribution in [3.05, 3.63) is 0 Å². The molecule has 0 radical (unpaired) electrons. The molecule has 0 aromatic heterocycles. The van der Waals surface area contributed by atoms with Gasteiger partial charge in [-0.3, -0.25) is 9.59 Å². The lowest BCUT2D eigenvalue weighted by Crippen LogP contribution is -2.16. The third-order valence-electron chi connectivity index (χ3n) is 1.88. The van der Waals surface area contributed by atoms with E-state index in [2.05, 4.69) is 45.2 Å². The lowest BCUT2D eigenvalue weighted by atomic mass is 10.3. The van der Waals surface area contributed by atoms with Gasteiger partial charge in [-0.05, 0) is 0 Å². The van der Waals surface area contributed by atoms with Crippen LogP contribution >= 0.6 is 45.2 Å². The third-order valence-corrected chi connectivity index (χ3v) is 2.76. The molecule has 0 bridgehead atoms. The predicted molar refractivity (Wildman–Crippen MR) is 88.9 cm³/mol. The van der Waals surface area contributed by atoms with Crippen molar-refractivity contribution in [3.8, 4) is 0 Å². The van der Waals surface area contributed by atoms with Crippen LogP contribution in [0.5, 0.6) is 0 Å². The van der Waals surface area contributed by atoms with E-state index in [1.165, 1.54) is 0 Å². The molecule has 112 valence electrons. The highest BCUT2D eigenvalue weighted by atomic mass is 127. The van der Waals surface area contributed by atoms with Gasteiger partial charge < -0.3 is 14.2 Å². The van der Waals surface area contributed by atoms with Crippen LogP contribution in [-0.2, 0) is 23.8 Å². The summed E-state index contributed by atoms with van der Waals surface area (Å²) in [7, 11) is 0. The molecular formula is C12H20I2O5. The molecule has 19 heavy (non-hydrogen) atoms. The molecule has 0 fully saturated rings. The molecular weight excluding hydrogens is 478 g/mol. The van der Waals surface area contributed by atoms with Crippen LogP contribution in [0.3, 0.4) is 0 Å². The zero-order valence-corrected chi connectivity index (χ0v) is 15.5. The van der Waals surface area contributed by atoms with Gasteiger partial charge in [0, 0.05) is 7.85 Å². The van der Waals surface area contributed by atoms with Crippen molar-refractivity contribution in [3.63, 3.8) is 0 Å². The third kappa shape index (κ3) is 14.6. The molecule has 0 aliphatic heterocycles. The fourth-order valence-electron chi connectivity index (χ4n) is 1.11. The second kappa shape index (κ2) is 12.1. The van der Waals surface area contributed by atoms with Crippen molar-refractivity contribution in [2.24, 2.45) is 0 Å². The molecule has 7 heteroatoms. The van der Waals surface area contributed by atoms with Crippen LogP contribution < -0.4 is 0 Å². The van der Waals surface area contributed by atoms with Crippen LogP contribution in [0.4, 0.5) is 0 Å². The normalized spacial score (nSPS) is 13.7. The largest absolute Gasteiger partial charge is 0.463 e. The molecule has 0 rings (SSSR count). The number of esters is 2. The van der Waals surface area contributed by atoms with E-state index in [9.17, 15) is 9.59 Å². The minimum Gasteiger partial charge on any atom is -0.463 e. The van der Waals surface area contributed by atoms with E-state index < -0.39 is 0 Å². The Morgan fingerprint density at radius 1 is 0.842 bits per heavy atom. The molecule has 0 aromatic rings. The zero-order valence-electron chi connectivity index (χ0n) is 11.2. The van der Waals surface area contributed by atoms with Crippen LogP contribution in [0.2, 0.25) is 0 Å². The Kier molecular flexibility index (Phi) is 12.4. The van der Waals surface area contributed by atoms with E-state index in [1.807, 2.05) is 13.8 Å². The highest BCUT2D eigenvalue weighted by Crippen LogP contribution is 2.05. The van der Waals surface area contributed by atoms with Crippen molar-refractivity contribution < 1.29 is 23.8 Å². The molecule has 0 saturated carbocycles. The Morgan fingerprint density at radius 3 is 1.53 bits per heavy atom. The summed E-state index contributed by atoms with van der Waals surface area (Å²) in [4.78, 5) is 22.4. The number of halogens is 2. The average molecular weight is 498 g/mol. The number of hydrogen-bond acceptors (Lipinski definition) is 5. The fraction of sp³-hybridized carbons (Fsp3) is 0.833. The fourth-order valence-corrected chi connectivity index (χ4v) is 1.83. The summed E-state index contributed by atoms with van der Waals surface area (Å²) in [6.07, 6.45) is 0.819. The maximum absolute atomic E-state index is 11.2. The quantitative estimate of drug-likeness (QED) is 0.201. The first-order chi connectivity index (χ1) is 8.91. The van der Waals surface area contributed by atoms with Crippen LogP contribution in [0, 0.1) is 0 Å². The van der Waals surface area contributed by atoms with E-state index >= 15 is 0 Å². The Labute approximate surface area is 141 Å². The first kappa shape index (κ1) is 19.4. The van der Waals surface area contributed by atoms with Gasteiger partial charge in [0.05, 0.1) is 26.1 Å². The summed E-state index contributed by atoms with van der Waals surface area (Å²) in [5.74, 6) is -0.430. The van der Waals surface area contributed by atoms with E-state index in [0.29, 0.717) is 26.1 Å².